The van der Waals surface area contributed by atoms with Gasteiger partial charge in [0.05, 0.1) is 18.0 Å². The van der Waals surface area contributed by atoms with Crippen LogP contribution in [0.25, 0.3) is 11.1 Å². The van der Waals surface area contributed by atoms with E-state index in [1.165, 1.54) is 4.57 Å². The van der Waals surface area contributed by atoms with Gasteiger partial charge in [-0.05, 0) is 31.9 Å². The average Bonchev–Trinajstić information content (AvgIpc) is 2.91. The van der Waals surface area contributed by atoms with E-state index in [1.54, 1.807) is 36.1 Å². The number of esters is 1. The van der Waals surface area contributed by atoms with Crippen molar-refractivity contribution in [3.05, 3.63) is 34.8 Å². The normalized spacial score (nSPS) is 17.9. The smallest absolute Gasteiger partial charge is 0.420 e. The number of rotatable bonds is 4. The van der Waals surface area contributed by atoms with Crippen molar-refractivity contribution in [2.75, 3.05) is 19.7 Å². The maximum Gasteiger partial charge on any atom is 0.420 e. The van der Waals surface area contributed by atoms with E-state index in [-0.39, 0.29) is 24.3 Å². The van der Waals surface area contributed by atoms with Crippen LogP contribution in [0.5, 0.6) is 0 Å². The lowest BCUT2D eigenvalue weighted by molar-refractivity contribution is -0.151. The van der Waals surface area contributed by atoms with Crippen molar-refractivity contribution in [1.82, 2.24) is 9.47 Å². The molecule has 1 aromatic carbocycles. The summed E-state index contributed by atoms with van der Waals surface area (Å²) >= 11 is 0. The van der Waals surface area contributed by atoms with Crippen LogP contribution in [0.2, 0.25) is 0 Å². The van der Waals surface area contributed by atoms with Crippen LogP contribution in [0.3, 0.4) is 0 Å². The third-order valence-electron chi connectivity index (χ3n) is 4.26. The van der Waals surface area contributed by atoms with Crippen LogP contribution in [0.4, 0.5) is 0 Å². The summed E-state index contributed by atoms with van der Waals surface area (Å²) in [5.41, 5.74) is 1.05. The zero-order valence-electron chi connectivity index (χ0n) is 13.6. The van der Waals surface area contributed by atoms with Gasteiger partial charge in [0.1, 0.15) is 6.54 Å². The highest BCUT2D eigenvalue weighted by molar-refractivity contribution is 5.80. The summed E-state index contributed by atoms with van der Waals surface area (Å²) in [6.45, 7) is 2.92. The number of likely N-dealkylation sites (tertiary alicyclic amines) is 1. The Morgan fingerprint density at radius 3 is 2.92 bits per heavy atom. The molecule has 0 radical (unpaired) electrons. The summed E-state index contributed by atoms with van der Waals surface area (Å²) in [6, 6.07) is 6.99. The summed E-state index contributed by atoms with van der Waals surface area (Å²) < 4.78 is 11.5. The molecule has 128 valence electrons. The summed E-state index contributed by atoms with van der Waals surface area (Å²) in [5.74, 6) is -1.30. The van der Waals surface area contributed by atoms with Gasteiger partial charge in [-0.15, -0.1) is 0 Å². The number of carbonyl (C=O) groups excluding carboxylic acids is 2. The second-order valence-corrected chi connectivity index (χ2v) is 5.85. The Bertz CT molecular complexity index is 807. The van der Waals surface area contributed by atoms with Gasteiger partial charge in [-0.1, -0.05) is 12.1 Å². The van der Waals surface area contributed by atoms with E-state index in [2.05, 4.69) is 0 Å². The first-order chi connectivity index (χ1) is 11.6. The Balaban J connectivity index is 1.73. The minimum atomic E-state index is -0.552. The number of aromatic nitrogens is 1. The molecule has 24 heavy (non-hydrogen) atoms. The average molecular weight is 332 g/mol. The molecule has 0 bridgehead atoms. The Kier molecular flexibility index (Phi) is 4.69. The number of benzene rings is 1. The largest absolute Gasteiger partial charge is 0.466 e. The lowest BCUT2D eigenvalue weighted by Crippen LogP contribution is -2.44. The molecule has 1 fully saturated rings. The third kappa shape index (κ3) is 3.20. The van der Waals surface area contributed by atoms with E-state index in [1.807, 2.05) is 0 Å². The highest BCUT2D eigenvalue weighted by atomic mass is 16.5. The van der Waals surface area contributed by atoms with Gasteiger partial charge in [0.15, 0.2) is 5.58 Å². The summed E-state index contributed by atoms with van der Waals surface area (Å²) in [7, 11) is 0. The van der Waals surface area contributed by atoms with Crippen LogP contribution in [0.15, 0.2) is 33.5 Å². The minimum absolute atomic E-state index is 0.0919. The van der Waals surface area contributed by atoms with Crippen molar-refractivity contribution in [3.63, 3.8) is 0 Å². The predicted octanol–water partition coefficient (Wildman–Crippen LogP) is 1.40. The fourth-order valence-corrected chi connectivity index (χ4v) is 3.06. The molecule has 7 nitrogen and oxygen atoms in total. The molecule has 0 N–H and O–H groups in total. The van der Waals surface area contributed by atoms with E-state index >= 15 is 0 Å². The molecule has 7 heteroatoms. The van der Waals surface area contributed by atoms with E-state index in [9.17, 15) is 14.4 Å². The highest BCUT2D eigenvalue weighted by Crippen LogP contribution is 2.19. The molecule has 0 unspecified atom stereocenters. The summed E-state index contributed by atoms with van der Waals surface area (Å²) in [5, 5.41) is 0. The molecule has 2 heterocycles. The molecule has 2 aromatic rings. The molecule has 0 aliphatic carbocycles. The second-order valence-electron chi connectivity index (χ2n) is 5.85. The van der Waals surface area contributed by atoms with Gasteiger partial charge in [0, 0.05) is 13.1 Å². The Labute approximate surface area is 138 Å². The van der Waals surface area contributed by atoms with Crippen molar-refractivity contribution in [2.24, 2.45) is 5.92 Å². The maximum absolute atomic E-state index is 12.6. The lowest BCUT2D eigenvalue weighted by Gasteiger charge is -2.31. The van der Waals surface area contributed by atoms with E-state index in [0.717, 1.165) is 12.8 Å². The van der Waals surface area contributed by atoms with Crippen LogP contribution in [0, 0.1) is 5.92 Å². The molecule has 0 spiro atoms. The molecule has 1 saturated heterocycles. The number of hydrogen-bond acceptors (Lipinski definition) is 5. The molecule has 1 amide bonds. The number of fused-ring (bicyclic) bond motifs is 1. The quantitative estimate of drug-likeness (QED) is 0.791. The van der Waals surface area contributed by atoms with Crippen molar-refractivity contribution in [3.8, 4) is 0 Å². The van der Waals surface area contributed by atoms with Crippen LogP contribution in [-0.4, -0.2) is 41.0 Å². The Morgan fingerprint density at radius 1 is 1.33 bits per heavy atom. The van der Waals surface area contributed by atoms with E-state index in [4.69, 9.17) is 9.15 Å². The standard InChI is InChI=1S/C17H20N2O5/c1-2-23-16(21)12-6-5-9-18(10-12)15(20)11-19-13-7-3-4-8-14(13)24-17(19)22/h3-4,7-8,12H,2,5-6,9-11H2,1H3/t12-/m0/s1. The first-order valence-electron chi connectivity index (χ1n) is 8.13. The Morgan fingerprint density at radius 2 is 2.12 bits per heavy atom. The number of para-hydroxylation sites is 2. The SMILES string of the molecule is CCOC(=O)[C@H]1CCCN(C(=O)Cn2c(=O)oc3ccccc32)C1. The number of nitrogens with zero attached hydrogens (tertiary/aromatic N) is 2. The van der Waals surface area contributed by atoms with Crippen LogP contribution >= 0.6 is 0 Å². The molecular weight excluding hydrogens is 312 g/mol. The number of hydrogen-bond donors (Lipinski definition) is 0. The topological polar surface area (TPSA) is 81.8 Å². The number of carbonyl (C=O) groups is 2. The zero-order valence-corrected chi connectivity index (χ0v) is 13.6. The molecule has 1 atom stereocenters. The number of piperidine rings is 1. The zero-order chi connectivity index (χ0) is 17.1. The van der Waals surface area contributed by atoms with Gasteiger partial charge in [-0.3, -0.25) is 14.2 Å². The molecule has 1 aliphatic rings. The third-order valence-corrected chi connectivity index (χ3v) is 4.26. The summed E-state index contributed by atoms with van der Waals surface area (Å²) in [6.07, 6.45) is 1.47. The van der Waals surface area contributed by atoms with Gasteiger partial charge in [-0.25, -0.2) is 4.79 Å². The van der Waals surface area contributed by atoms with E-state index in [0.29, 0.717) is 30.8 Å². The number of amides is 1. The molecular formula is C17H20N2O5. The monoisotopic (exact) mass is 332 g/mol. The molecule has 1 aliphatic heterocycles. The predicted molar refractivity (Wildman–Crippen MR) is 86.4 cm³/mol. The second kappa shape index (κ2) is 6.90. The summed E-state index contributed by atoms with van der Waals surface area (Å²) in [4.78, 5) is 38.0. The number of ether oxygens (including phenoxy) is 1. The van der Waals surface area contributed by atoms with Gasteiger partial charge in [0.2, 0.25) is 5.91 Å². The fraction of sp³-hybridized carbons (Fsp3) is 0.471. The molecule has 0 saturated carbocycles. The van der Waals surface area contributed by atoms with Gasteiger partial charge >= 0.3 is 11.7 Å². The van der Waals surface area contributed by atoms with Crippen molar-refractivity contribution in [2.45, 2.75) is 26.3 Å². The fourth-order valence-electron chi connectivity index (χ4n) is 3.06. The highest BCUT2D eigenvalue weighted by Gasteiger charge is 2.29. The lowest BCUT2D eigenvalue weighted by atomic mass is 9.98. The number of oxazole rings is 1. The minimum Gasteiger partial charge on any atom is -0.466 e. The maximum atomic E-state index is 12.6. The van der Waals surface area contributed by atoms with Gasteiger partial charge in [0.25, 0.3) is 0 Å². The first kappa shape index (κ1) is 16.3. The van der Waals surface area contributed by atoms with Crippen molar-refractivity contribution < 1.29 is 18.7 Å². The van der Waals surface area contributed by atoms with Crippen molar-refractivity contribution >= 4 is 23.0 Å². The van der Waals surface area contributed by atoms with Gasteiger partial charge in [-0.2, -0.15) is 0 Å². The van der Waals surface area contributed by atoms with E-state index < -0.39 is 5.76 Å². The molecule has 1 aromatic heterocycles. The Hall–Kier alpha value is -2.57. The van der Waals surface area contributed by atoms with Gasteiger partial charge < -0.3 is 14.1 Å². The van der Waals surface area contributed by atoms with Crippen molar-refractivity contribution in [1.29, 1.82) is 0 Å². The van der Waals surface area contributed by atoms with Crippen LogP contribution in [0.1, 0.15) is 19.8 Å². The van der Waals surface area contributed by atoms with Crippen LogP contribution in [-0.2, 0) is 20.9 Å². The molecule has 3 rings (SSSR count). The first-order valence-corrected chi connectivity index (χ1v) is 8.13. The van der Waals surface area contributed by atoms with Crippen LogP contribution < -0.4 is 5.76 Å².